The van der Waals surface area contributed by atoms with Gasteiger partial charge in [-0.2, -0.15) is 0 Å². The number of rotatable bonds is 7. The van der Waals surface area contributed by atoms with E-state index in [-0.39, 0.29) is 16.5 Å². The van der Waals surface area contributed by atoms with Crippen LogP contribution < -0.4 is 14.9 Å². The van der Waals surface area contributed by atoms with Crippen molar-refractivity contribution in [2.45, 2.75) is 13.5 Å². The van der Waals surface area contributed by atoms with Crippen LogP contribution in [0.25, 0.3) is 33.3 Å². The molecule has 0 bridgehead atoms. The van der Waals surface area contributed by atoms with Crippen molar-refractivity contribution in [2.75, 3.05) is 14.2 Å². The molecule has 38 heavy (non-hydrogen) atoms. The lowest BCUT2D eigenvalue weighted by Gasteiger charge is -2.22. The van der Waals surface area contributed by atoms with Crippen LogP contribution in [-0.4, -0.2) is 23.7 Å². The number of aryl methyl sites for hydroxylation is 1. The van der Waals surface area contributed by atoms with Gasteiger partial charge >= 0.3 is 0 Å². The number of fused-ring (bicyclic) bond motifs is 1. The van der Waals surface area contributed by atoms with Crippen molar-refractivity contribution in [3.63, 3.8) is 0 Å². The highest BCUT2D eigenvalue weighted by Crippen LogP contribution is 2.35. The van der Waals surface area contributed by atoms with Gasteiger partial charge in [-0.1, -0.05) is 54.1 Å². The number of ether oxygens (including phenoxy) is 2. The van der Waals surface area contributed by atoms with Gasteiger partial charge in [0.15, 0.2) is 5.43 Å². The summed E-state index contributed by atoms with van der Waals surface area (Å²) in [6, 6.07) is 27.5. The van der Waals surface area contributed by atoms with Crippen molar-refractivity contribution in [2.24, 2.45) is 0 Å². The summed E-state index contributed by atoms with van der Waals surface area (Å²) in [4.78, 5) is 25.3. The van der Waals surface area contributed by atoms with Gasteiger partial charge < -0.3 is 14.0 Å². The molecule has 0 spiro atoms. The van der Waals surface area contributed by atoms with Crippen LogP contribution in [0.2, 0.25) is 0 Å². The first-order valence-electron chi connectivity index (χ1n) is 12.1. The second-order valence-corrected chi connectivity index (χ2v) is 9.04. The summed E-state index contributed by atoms with van der Waals surface area (Å²) in [6.45, 7) is 2.45. The van der Waals surface area contributed by atoms with Crippen molar-refractivity contribution >= 4 is 16.6 Å². The van der Waals surface area contributed by atoms with Crippen LogP contribution in [0.5, 0.6) is 11.5 Å². The van der Waals surface area contributed by atoms with Gasteiger partial charge in [0.2, 0.25) is 0 Å². The topological polar surface area (TPSA) is 83.6 Å². The lowest BCUT2D eigenvalue weighted by atomic mass is 9.95. The zero-order chi connectivity index (χ0) is 26.8. The third-order valence-electron chi connectivity index (χ3n) is 6.66. The number of aromatic nitrogens is 1. The molecule has 0 aliphatic carbocycles. The lowest BCUT2D eigenvalue weighted by molar-refractivity contribution is -0.384. The second kappa shape index (κ2) is 10.2. The Balaban J connectivity index is 1.89. The molecule has 0 unspecified atom stereocenters. The van der Waals surface area contributed by atoms with Crippen LogP contribution in [0.4, 0.5) is 5.69 Å². The second-order valence-electron chi connectivity index (χ2n) is 9.04. The summed E-state index contributed by atoms with van der Waals surface area (Å²) in [5.41, 5.74) is 5.07. The van der Waals surface area contributed by atoms with E-state index in [0.29, 0.717) is 28.9 Å². The summed E-state index contributed by atoms with van der Waals surface area (Å²) in [7, 11) is 3.21. The zero-order valence-corrected chi connectivity index (χ0v) is 21.3. The molecule has 0 saturated carbocycles. The van der Waals surface area contributed by atoms with E-state index in [1.165, 1.54) is 12.1 Å². The first-order chi connectivity index (χ1) is 18.4. The number of nitro benzene ring substituents is 1. The Morgan fingerprint density at radius 2 is 1.37 bits per heavy atom. The molecule has 1 heterocycles. The summed E-state index contributed by atoms with van der Waals surface area (Å²) >= 11 is 0. The Hall–Kier alpha value is -4.91. The van der Waals surface area contributed by atoms with Crippen LogP contribution >= 0.6 is 0 Å². The minimum Gasteiger partial charge on any atom is -0.497 e. The zero-order valence-electron chi connectivity index (χ0n) is 21.3. The monoisotopic (exact) mass is 506 g/mol. The number of benzene rings is 4. The number of hydrogen-bond donors (Lipinski definition) is 0. The number of non-ortho nitro benzene ring substituents is 1. The normalized spacial score (nSPS) is 10.9. The molecule has 0 amide bonds. The van der Waals surface area contributed by atoms with Gasteiger partial charge in [-0.05, 0) is 53.9 Å². The van der Waals surface area contributed by atoms with Crippen LogP contribution in [0.3, 0.4) is 0 Å². The molecular formula is C31H26N2O5. The van der Waals surface area contributed by atoms with E-state index in [2.05, 4.69) is 4.57 Å². The maximum atomic E-state index is 14.1. The molecule has 1 aromatic heterocycles. The van der Waals surface area contributed by atoms with E-state index in [1.807, 2.05) is 67.6 Å². The van der Waals surface area contributed by atoms with Gasteiger partial charge in [0.1, 0.15) is 11.5 Å². The predicted molar refractivity (Wildman–Crippen MR) is 149 cm³/mol. The number of nitrogens with zero attached hydrogens (tertiary/aromatic N) is 2. The van der Waals surface area contributed by atoms with E-state index in [1.54, 1.807) is 32.4 Å². The Labute approximate surface area is 219 Å². The van der Waals surface area contributed by atoms with Gasteiger partial charge in [-0.25, -0.2) is 0 Å². The highest BCUT2D eigenvalue weighted by atomic mass is 16.6. The van der Waals surface area contributed by atoms with E-state index in [4.69, 9.17) is 9.47 Å². The van der Waals surface area contributed by atoms with E-state index >= 15 is 0 Å². The fourth-order valence-corrected chi connectivity index (χ4v) is 4.67. The van der Waals surface area contributed by atoms with Crippen molar-refractivity contribution in [1.29, 1.82) is 0 Å². The largest absolute Gasteiger partial charge is 0.497 e. The van der Waals surface area contributed by atoms with Gasteiger partial charge in [-0.15, -0.1) is 0 Å². The Morgan fingerprint density at radius 3 is 1.95 bits per heavy atom. The number of hydrogen-bond acceptors (Lipinski definition) is 5. The summed E-state index contributed by atoms with van der Waals surface area (Å²) in [5.74, 6) is 1.41. The maximum Gasteiger partial charge on any atom is 0.270 e. The summed E-state index contributed by atoms with van der Waals surface area (Å²) in [5, 5.41) is 11.9. The molecule has 5 rings (SSSR count). The molecule has 190 valence electrons. The third kappa shape index (κ3) is 4.62. The standard InChI is InChI=1S/C31H26N2O5/c1-20-4-8-23(9-5-20)30-29(22-10-15-26(38-3)16-11-22)31(34)27-18-24(33(35)36)12-17-28(27)32(30)19-21-6-13-25(37-2)14-7-21/h4-18H,19H2,1-3H3. The maximum absolute atomic E-state index is 14.1. The van der Waals surface area contributed by atoms with E-state index in [9.17, 15) is 14.9 Å². The van der Waals surface area contributed by atoms with Gasteiger partial charge in [0.25, 0.3) is 5.69 Å². The fourth-order valence-electron chi connectivity index (χ4n) is 4.67. The summed E-state index contributed by atoms with van der Waals surface area (Å²) < 4.78 is 12.7. The van der Waals surface area contributed by atoms with Gasteiger partial charge in [0.05, 0.1) is 41.3 Å². The Morgan fingerprint density at radius 1 is 0.789 bits per heavy atom. The molecule has 4 aromatic carbocycles. The van der Waals surface area contributed by atoms with Crippen molar-refractivity contribution in [3.05, 3.63) is 122 Å². The molecule has 0 aliphatic rings. The first kappa shape index (κ1) is 24.8. The Kier molecular flexibility index (Phi) is 6.66. The number of methoxy groups -OCH3 is 2. The van der Waals surface area contributed by atoms with Crippen molar-refractivity contribution < 1.29 is 14.4 Å². The summed E-state index contributed by atoms with van der Waals surface area (Å²) in [6.07, 6.45) is 0. The average molecular weight is 507 g/mol. The Bertz CT molecular complexity index is 1690. The smallest absolute Gasteiger partial charge is 0.270 e. The molecular weight excluding hydrogens is 480 g/mol. The molecule has 7 heteroatoms. The SMILES string of the molecule is COc1ccc(Cn2c(-c3ccc(C)cc3)c(-c3ccc(OC)cc3)c(=O)c3cc([N+](=O)[O-])ccc32)cc1. The molecule has 0 atom stereocenters. The van der Waals surface area contributed by atoms with Gasteiger partial charge in [-0.3, -0.25) is 14.9 Å². The molecule has 0 saturated heterocycles. The molecule has 0 N–H and O–H groups in total. The van der Waals surface area contributed by atoms with Crippen molar-refractivity contribution in [3.8, 4) is 33.9 Å². The average Bonchev–Trinajstić information content (AvgIpc) is 2.95. The third-order valence-corrected chi connectivity index (χ3v) is 6.66. The van der Waals surface area contributed by atoms with Crippen LogP contribution in [0.15, 0.2) is 95.8 Å². The highest BCUT2D eigenvalue weighted by Gasteiger charge is 2.22. The van der Waals surface area contributed by atoms with E-state index < -0.39 is 4.92 Å². The predicted octanol–water partition coefficient (Wildman–Crippen LogP) is 6.62. The minimum absolute atomic E-state index is 0.130. The van der Waals surface area contributed by atoms with Crippen LogP contribution in [0.1, 0.15) is 11.1 Å². The molecule has 0 fully saturated rings. The van der Waals surface area contributed by atoms with E-state index in [0.717, 1.165) is 28.1 Å². The molecule has 0 aliphatic heterocycles. The lowest BCUT2D eigenvalue weighted by Crippen LogP contribution is -2.17. The molecule has 5 aromatic rings. The molecule has 7 nitrogen and oxygen atoms in total. The first-order valence-corrected chi connectivity index (χ1v) is 12.1. The van der Waals surface area contributed by atoms with Crippen molar-refractivity contribution in [1.82, 2.24) is 4.57 Å². The van der Waals surface area contributed by atoms with Crippen LogP contribution in [-0.2, 0) is 6.54 Å². The number of nitro groups is 1. The number of pyridine rings is 1. The van der Waals surface area contributed by atoms with Gasteiger partial charge in [0, 0.05) is 18.7 Å². The minimum atomic E-state index is -0.479. The fraction of sp³-hybridized carbons (Fsp3) is 0.129. The quantitative estimate of drug-likeness (QED) is 0.183. The highest BCUT2D eigenvalue weighted by molar-refractivity contribution is 5.93. The molecule has 0 radical (unpaired) electrons. The van der Waals surface area contributed by atoms with Crippen LogP contribution in [0, 0.1) is 17.0 Å².